The first-order valence-electron chi connectivity index (χ1n) is 4.47. The van der Waals surface area contributed by atoms with Crippen LogP contribution in [0.4, 0.5) is 0 Å². The maximum absolute atomic E-state index is 11.1. The Kier molecular flexibility index (Phi) is 3.70. The van der Waals surface area contributed by atoms with Crippen molar-refractivity contribution in [3.63, 3.8) is 0 Å². The van der Waals surface area contributed by atoms with Crippen LogP contribution in [0.1, 0.15) is 19.3 Å². The van der Waals surface area contributed by atoms with Crippen LogP contribution in [0.2, 0.25) is 0 Å². The molecule has 0 aliphatic heterocycles. The maximum atomic E-state index is 11.1. The number of nitrogens with one attached hydrogen (secondary N) is 2. The van der Waals surface area contributed by atoms with E-state index in [0.717, 1.165) is 12.8 Å². The molecule has 2 amide bonds. The zero-order chi connectivity index (χ0) is 9.68. The summed E-state index contributed by atoms with van der Waals surface area (Å²) >= 11 is 0. The van der Waals surface area contributed by atoms with E-state index in [4.69, 9.17) is 5.73 Å². The summed E-state index contributed by atoms with van der Waals surface area (Å²) in [7, 11) is 0. The maximum Gasteiger partial charge on any atom is 0.231 e. The molecule has 4 N–H and O–H groups in total. The molecule has 0 heterocycles. The van der Waals surface area contributed by atoms with E-state index in [2.05, 4.69) is 10.6 Å². The fourth-order valence-corrected chi connectivity index (χ4v) is 0.941. The topological polar surface area (TPSA) is 84.2 Å². The van der Waals surface area contributed by atoms with Crippen molar-refractivity contribution in [2.24, 2.45) is 5.73 Å². The average Bonchev–Trinajstić information content (AvgIpc) is 2.81. The van der Waals surface area contributed by atoms with Gasteiger partial charge in [0.05, 0.1) is 6.54 Å². The second-order valence-corrected chi connectivity index (χ2v) is 3.23. The number of amides is 2. The molecule has 13 heavy (non-hydrogen) atoms. The number of nitrogens with two attached hydrogens (primary N) is 1. The van der Waals surface area contributed by atoms with E-state index in [9.17, 15) is 9.59 Å². The molecule has 0 aromatic rings. The van der Waals surface area contributed by atoms with Crippen LogP contribution >= 0.6 is 0 Å². The number of hydrogen-bond acceptors (Lipinski definition) is 3. The van der Waals surface area contributed by atoms with Gasteiger partial charge in [-0.15, -0.1) is 0 Å². The predicted molar refractivity (Wildman–Crippen MR) is 47.8 cm³/mol. The Morgan fingerprint density at radius 2 is 2.08 bits per heavy atom. The van der Waals surface area contributed by atoms with Gasteiger partial charge < -0.3 is 16.4 Å². The summed E-state index contributed by atoms with van der Waals surface area (Å²) in [6, 6.07) is 0.406. The highest BCUT2D eigenvalue weighted by Crippen LogP contribution is 2.18. The van der Waals surface area contributed by atoms with Gasteiger partial charge in [-0.05, 0) is 12.8 Å². The first-order chi connectivity index (χ1) is 6.18. The molecular formula is C8H15N3O2. The van der Waals surface area contributed by atoms with Gasteiger partial charge >= 0.3 is 0 Å². The van der Waals surface area contributed by atoms with Crippen LogP contribution in [0.15, 0.2) is 0 Å². The zero-order valence-corrected chi connectivity index (χ0v) is 7.51. The number of hydrogen-bond donors (Lipinski definition) is 3. The summed E-state index contributed by atoms with van der Waals surface area (Å²) in [6.07, 6.45) is 2.60. The van der Waals surface area contributed by atoms with Gasteiger partial charge in [0.25, 0.3) is 0 Å². The quantitative estimate of drug-likeness (QED) is 0.451. The first kappa shape index (κ1) is 9.98. The summed E-state index contributed by atoms with van der Waals surface area (Å²) in [5.41, 5.74) is 4.90. The number of carbonyl (C=O) groups is 2. The van der Waals surface area contributed by atoms with E-state index in [1.165, 1.54) is 0 Å². The third-order valence-corrected chi connectivity index (χ3v) is 1.77. The Morgan fingerprint density at radius 3 is 2.62 bits per heavy atom. The van der Waals surface area contributed by atoms with Crippen LogP contribution in [0, 0.1) is 0 Å². The number of carbonyl (C=O) groups excluding carboxylic acids is 2. The molecule has 0 atom stereocenters. The van der Waals surface area contributed by atoms with Crippen molar-refractivity contribution in [3.8, 4) is 0 Å². The van der Waals surface area contributed by atoms with E-state index >= 15 is 0 Å². The highest BCUT2D eigenvalue weighted by molar-refractivity contribution is 5.77. The van der Waals surface area contributed by atoms with Crippen molar-refractivity contribution < 1.29 is 9.59 Å². The SMILES string of the molecule is NC(=O)CNCCC(=O)NC1CC1. The molecule has 0 unspecified atom stereocenters. The minimum absolute atomic E-state index is 0.0412. The van der Waals surface area contributed by atoms with Crippen molar-refractivity contribution in [3.05, 3.63) is 0 Å². The second-order valence-electron chi connectivity index (χ2n) is 3.23. The van der Waals surface area contributed by atoms with Crippen LogP contribution in [0.3, 0.4) is 0 Å². The Balaban J connectivity index is 1.91. The summed E-state index contributed by atoms with van der Waals surface area (Å²) in [5.74, 6) is -0.359. The largest absolute Gasteiger partial charge is 0.369 e. The van der Waals surface area contributed by atoms with Gasteiger partial charge in [-0.3, -0.25) is 9.59 Å². The fourth-order valence-electron chi connectivity index (χ4n) is 0.941. The smallest absolute Gasteiger partial charge is 0.231 e. The van der Waals surface area contributed by atoms with E-state index < -0.39 is 5.91 Å². The van der Waals surface area contributed by atoms with Gasteiger partial charge in [0.15, 0.2) is 0 Å². The van der Waals surface area contributed by atoms with Crippen LogP contribution in [0.25, 0.3) is 0 Å². The molecule has 1 saturated carbocycles. The Labute approximate surface area is 77.1 Å². The highest BCUT2D eigenvalue weighted by Gasteiger charge is 2.22. The molecule has 1 aliphatic rings. The highest BCUT2D eigenvalue weighted by atomic mass is 16.2. The minimum Gasteiger partial charge on any atom is -0.369 e. The summed E-state index contributed by atoms with van der Waals surface area (Å²) in [5, 5.41) is 5.62. The molecule has 1 rings (SSSR count). The van der Waals surface area contributed by atoms with Gasteiger partial charge in [-0.1, -0.05) is 0 Å². The number of primary amides is 1. The van der Waals surface area contributed by atoms with Crippen molar-refractivity contribution in [2.45, 2.75) is 25.3 Å². The van der Waals surface area contributed by atoms with E-state index in [0.29, 0.717) is 19.0 Å². The van der Waals surface area contributed by atoms with Gasteiger partial charge in [-0.25, -0.2) is 0 Å². The van der Waals surface area contributed by atoms with Crippen molar-refractivity contribution in [2.75, 3.05) is 13.1 Å². The standard InChI is InChI=1S/C8H15N3O2/c9-7(12)5-10-4-3-8(13)11-6-1-2-6/h6,10H,1-5H2,(H2,9,12)(H,11,13). The second kappa shape index (κ2) is 4.81. The van der Waals surface area contributed by atoms with Gasteiger partial charge in [0.2, 0.25) is 11.8 Å². The molecule has 74 valence electrons. The lowest BCUT2D eigenvalue weighted by Gasteiger charge is -2.03. The molecule has 0 radical (unpaired) electrons. The van der Waals surface area contributed by atoms with Gasteiger partial charge in [0.1, 0.15) is 0 Å². The first-order valence-corrected chi connectivity index (χ1v) is 4.47. The molecule has 5 heteroatoms. The Morgan fingerprint density at radius 1 is 1.38 bits per heavy atom. The lowest BCUT2D eigenvalue weighted by atomic mass is 10.4. The summed E-state index contributed by atoms with van der Waals surface area (Å²) < 4.78 is 0. The summed E-state index contributed by atoms with van der Waals surface area (Å²) in [6.45, 7) is 0.637. The Hall–Kier alpha value is -1.10. The van der Waals surface area contributed by atoms with E-state index in [1.54, 1.807) is 0 Å². The molecule has 0 saturated heterocycles. The van der Waals surface area contributed by atoms with Crippen molar-refractivity contribution in [1.82, 2.24) is 10.6 Å². The molecular weight excluding hydrogens is 170 g/mol. The van der Waals surface area contributed by atoms with Crippen LogP contribution in [-0.2, 0) is 9.59 Å². The third-order valence-electron chi connectivity index (χ3n) is 1.77. The van der Waals surface area contributed by atoms with Crippen molar-refractivity contribution >= 4 is 11.8 Å². The third kappa shape index (κ3) is 5.19. The molecule has 0 bridgehead atoms. The monoisotopic (exact) mass is 185 g/mol. The molecule has 1 aliphatic carbocycles. The van der Waals surface area contributed by atoms with E-state index in [-0.39, 0.29) is 12.5 Å². The fraction of sp³-hybridized carbons (Fsp3) is 0.750. The Bertz CT molecular complexity index is 202. The van der Waals surface area contributed by atoms with Gasteiger partial charge in [-0.2, -0.15) is 0 Å². The minimum atomic E-state index is -0.400. The lowest BCUT2D eigenvalue weighted by molar-refractivity contribution is -0.121. The van der Waals surface area contributed by atoms with Crippen LogP contribution in [-0.4, -0.2) is 30.9 Å². The normalized spacial score (nSPS) is 15.4. The molecule has 0 aromatic carbocycles. The molecule has 0 aromatic heterocycles. The molecule has 1 fully saturated rings. The average molecular weight is 185 g/mol. The van der Waals surface area contributed by atoms with Gasteiger partial charge in [0, 0.05) is 19.0 Å². The summed E-state index contributed by atoms with van der Waals surface area (Å²) in [4.78, 5) is 21.4. The molecule has 5 nitrogen and oxygen atoms in total. The zero-order valence-electron chi connectivity index (χ0n) is 7.51. The lowest BCUT2D eigenvalue weighted by Crippen LogP contribution is -2.33. The number of rotatable bonds is 6. The van der Waals surface area contributed by atoms with E-state index in [1.807, 2.05) is 0 Å². The predicted octanol–water partition coefficient (Wildman–Crippen LogP) is -1.27. The molecule has 0 spiro atoms. The van der Waals surface area contributed by atoms with Crippen molar-refractivity contribution in [1.29, 1.82) is 0 Å². The van der Waals surface area contributed by atoms with Crippen LogP contribution in [0.5, 0.6) is 0 Å². The van der Waals surface area contributed by atoms with Crippen LogP contribution < -0.4 is 16.4 Å².